The van der Waals surface area contributed by atoms with Gasteiger partial charge in [-0.15, -0.1) is 0 Å². The van der Waals surface area contributed by atoms with E-state index in [1.54, 1.807) is 19.9 Å². The zero-order valence-electron chi connectivity index (χ0n) is 18.7. The quantitative estimate of drug-likeness (QED) is 0.337. The SMILES string of the molecule is Cc1cc(C)n(Cc2cccc(NC(=O)c3noc(C)c3Cn3nc([N+](=O)[O-])cc3C)c2)n1. The van der Waals surface area contributed by atoms with Gasteiger partial charge in [0.1, 0.15) is 5.76 Å². The van der Waals surface area contributed by atoms with Crippen molar-refractivity contribution in [3.05, 3.63) is 86.2 Å². The van der Waals surface area contributed by atoms with E-state index in [1.807, 2.05) is 42.8 Å². The Hall–Kier alpha value is -4.28. The van der Waals surface area contributed by atoms with Gasteiger partial charge in [-0.2, -0.15) is 9.78 Å². The topological polar surface area (TPSA) is 134 Å². The van der Waals surface area contributed by atoms with E-state index in [9.17, 15) is 14.9 Å². The van der Waals surface area contributed by atoms with E-state index in [2.05, 4.69) is 20.7 Å². The number of carbonyl (C=O) groups excluding carboxylic acids is 1. The van der Waals surface area contributed by atoms with Gasteiger partial charge in [-0.25, -0.2) is 0 Å². The predicted molar refractivity (Wildman–Crippen MR) is 119 cm³/mol. The maximum Gasteiger partial charge on any atom is 0.390 e. The summed E-state index contributed by atoms with van der Waals surface area (Å²) in [4.78, 5) is 23.4. The number of hydrogen-bond donors (Lipinski definition) is 1. The maximum atomic E-state index is 13.0. The molecule has 0 spiro atoms. The van der Waals surface area contributed by atoms with Crippen LogP contribution in [-0.4, -0.2) is 35.5 Å². The Bertz CT molecular complexity index is 1350. The Morgan fingerprint density at radius 3 is 2.45 bits per heavy atom. The molecule has 0 saturated carbocycles. The Morgan fingerprint density at radius 2 is 1.79 bits per heavy atom. The van der Waals surface area contributed by atoms with Crippen molar-refractivity contribution in [1.29, 1.82) is 0 Å². The molecule has 0 atom stereocenters. The Balaban J connectivity index is 1.53. The largest absolute Gasteiger partial charge is 0.390 e. The molecule has 33 heavy (non-hydrogen) atoms. The first-order valence-electron chi connectivity index (χ1n) is 10.3. The number of amides is 1. The van der Waals surface area contributed by atoms with Crippen molar-refractivity contribution >= 4 is 17.4 Å². The predicted octanol–water partition coefficient (Wildman–Crippen LogP) is 3.56. The minimum atomic E-state index is -0.559. The molecule has 0 aliphatic rings. The number of rotatable bonds is 7. The van der Waals surface area contributed by atoms with Crippen LogP contribution in [-0.2, 0) is 13.1 Å². The maximum absolute atomic E-state index is 13.0. The number of carbonyl (C=O) groups is 1. The molecule has 4 rings (SSSR count). The van der Waals surface area contributed by atoms with E-state index in [-0.39, 0.29) is 18.1 Å². The first-order chi connectivity index (χ1) is 15.7. The van der Waals surface area contributed by atoms with Crippen molar-refractivity contribution in [3.63, 3.8) is 0 Å². The van der Waals surface area contributed by atoms with Crippen LogP contribution >= 0.6 is 0 Å². The summed E-state index contributed by atoms with van der Waals surface area (Å²) in [6, 6.07) is 10.9. The highest BCUT2D eigenvalue weighted by atomic mass is 16.6. The van der Waals surface area contributed by atoms with Crippen LogP contribution in [0.5, 0.6) is 0 Å². The van der Waals surface area contributed by atoms with Gasteiger partial charge >= 0.3 is 5.82 Å². The molecule has 0 aliphatic carbocycles. The number of nitrogens with zero attached hydrogens (tertiary/aromatic N) is 6. The molecule has 0 bridgehead atoms. The van der Waals surface area contributed by atoms with Crippen LogP contribution < -0.4 is 5.32 Å². The number of benzene rings is 1. The molecular formula is C22H23N7O4. The van der Waals surface area contributed by atoms with Gasteiger partial charge in [0.05, 0.1) is 41.2 Å². The molecule has 3 aromatic heterocycles. The van der Waals surface area contributed by atoms with E-state index >= 15 is 0 Å². The second-order valence-electron chi connectivity index (χ2n) is 7.86. The molecule has 0 saturated heterocycles. The highest BCUT2D eigenvalue weighted by molar-refractivity contribution is 6.03. The molecule has 11 heteroatoms. The minimum Gasteiger partial charge on any atom is -0.361 e. The highest BCUT2D eigenvalue weighted by Crippen LogP contribution is 2.20. The van der Waals surface area contributed by atoms with Crippen LogP contribution in [0.2, 0.25) is 0 Å². The molecule has 1 amide bonds. The highest BCUT2D eigenvalue weighted by Gasteiger charge is 2.24. The van der Waals surface area contributed by atoms with Gasteiger partial charge in [0, 0.05) is 11.4 Å². The van der Waals surface area contributed by atoms with Gasteiger partial charge in [0.25, 0.3) is 5.91 Å². The number of nitrogens with one attached hydrogen (secondary N) is 1. The number of anilines is 1. The molecular weight excluding hydrogens is 426 g/mol. The second kappa shape index (κ2) is 8.69. The van der Waals surface area contributed by atoms with Crippen molar-refractivity contribution in [2.45, 2.75) is 40.8 Å². The van der Waals surface area contributed by atoms with Gasteiger partial charge in [-0.1, -0.05) is 17.3 Å². The Labute approximate surface area is 189 Å². The second-order valence-corrected chi connectivity index (χ2v) is 7.86. The number of hydrogen-bond acceptors (Lipinski definition) is 7. The standard InChI is InChI=1S/C22H23N7O4/c1-13-8-14(2)27(24-13)11-17-6-5-7-18(10-17)23-22(30)21-19(16(4)33-26-21)12-28-15(3)9-20(25-28)29(31)32/h5-10H,11-12H2,1-4H3,(H,23,30). The van der Waals surface area contributed by atoms with E-state index in [0.29, 0.717) is 29.2 Å². The monoisotopic (exact) mass is 449 g/mol. The van der Waals surface area contributed by atoms with Crippen molar-refractivity contribution in [3.8, 4) is 0 Å². The first kappa shape index (κ1) is 21.9. The van der Waals surface area contributed by atoms with Gasteiger partial charge in [0.15, 0.2) is 5.69 Å². The summed E-state index contributed by atoms with van der Waals surface area (Å²) in [5.74, 6) is -0.257. The van der Waals surface area contributed by atoms with Crippen LogP contribution in [0.4, 0.5) is 11.5 Å². The Morgan fingerprint density at radius 1 is 1.06 bits per heavy atom. The van der Waals surface area contributed by atoms with E-state index in [4.69, 9.17) is 4.52 Å². The molecule has 0 aliphatic heterocycles. The summed E-state index contributed by atoms with van der Waals surface area (Å²) >= 11 is 0. The lowest BCUT2D eigenvalue weighted by Crippen LogP contribution is -2.16. The zero-order valence-corrected chi connectivity index (χ0v) is 18.7. The molecule has 170 valence electrons. The van der Waals surface area contributed by atoms with Crippen molar-refractivity contribution < 1.29 is 14.2 Å². The molecule has 11 nitrogen and oxygen atoms in total. The van der Waals surface area contributed by atoms with Crippen LogP contribution in [0, 0.1) is 37.8 Å². The molecule has 0 unspecified atom stereocenters. The van der Waals surface area contributed by atoms with Crippen LogP contribution in [0.1, 0.15) is 44.5 Å². The van der Waals surface area contributed by atoms with Gasteiger partial charge in [-0.05, 0) is 56.4 Å². The van der Waals surface area contributed by atoms with Crippen LogP contribution in [0.3, 0.4) is 0 Å². The molecule has 4 aromatic rings. The summed E-state index contributed by atoms with van der Waals surface area (Å²) < 4.78 is 8.59. The third-order valence-corrected chi connectivity index (χ3v) is 5.28. The first-order valence-corrected chi connectivity index (χ1v) is 10.3. The van der Waals surface area contributed by atoms with E-state index in [0.717, 1.165) is 17.0 Å². The summed E-state index contributed by atoms with van der Waals surface area (Å²) in [6.07, 6.45) is 0. The van der Waals surface area contributed by atoms with Crippen LogP contribution in [0.25, 0.3) is 0 Å². The molecule has 1 N–H and O–H groups in total. The average Bonchev–Trinajstić information content (AvgIpc) is 3.40. The zero-order chi connectivity index (χ0) is 23.7. The number of aryl methyl sites for hydroxylation is 4. The van der Waals surface area contributed by atoms with Gasteiger partial charge < -0.3 is 20.0 Å². The van der Waals surface area contributed by atoms with E-state index in [1.165, 1.54) is 10.7 Å². The van der Waals surface area contributed by atoms with Gasteiger partial charge in [0.2, 0.25) is 0 Å². The average molecular weight is 449 g/mol. The van der Waals surface area contributed by atoms with Crippen molar-refractivity contribution in [1.82, 2.24) is 24.7 Å². The lowest BCUT2D eigenvalue weighted by molar-refractivity contribution is -0.389. The summed E-state index contributed by atoms with van der Waals surface area (Å²) in [7, 11) is 0. The fourth-order valence-corrected chi connectivity index (χ4v) is 3.59. The van der Waals surface area contributed by atoms with E-state index < -0.39 is 10.8 Å². The van der Waals surface area contributed by atoms with Crippen molar-refractivity contribution in [2.24, 2.45) is 0 Å². The lowest BCUT2D eigenvalue weighted by atomic mass is 10.1. The minimum absolute atomic E-state index is 0.106. The lowest BCUT2D eigenvalue weighted by Gasteiger charge is -2.09. The fraction of sp³-hybridized carbons (Fsp3) is 0.273. The summed E-state index contributed by atoms with van der Waals surface area (Å²) in [5.41, 5.74) is 4.79. The summed E-state index contributed by atoms with van der Waals surface area (Å²) in [6.45, 7) is 8.03. The van der Waals surface area contributed by atoms with Gasteiger partial charge in [-0.3, -0.25) is 9.48 Å². The van der Waals surface area contributed by atoms with Crippen molar-refractivity contribution in [2.75, 3.05) is 5.32 Å². The van der Waals surface area contributed by atoms with Crippen LogP contribution in [0.15, 0.2) is 40.9 Å². The molecule has 1 aromatic carbocycles. The number of nitro groups is 1. The number of aromatic nitrogens is 5. The Kier molecular flexibility index (Phi) is 5.78. The normalized spacial score (nSPS) is 11.0. The molecule has 0 fully saturated rings. The fourth-order valence-electron chi connectivity index (χ4n) is 3.59. The smallest absolute Gasteiger partial charge is 0.361 e. The third-order valence-electron chi connectivity index (χ3n) is 5.28. The third kappa shape index (κ3) is 4.66. The summed E-state index contributed by atoms with van der Waals surface area (Å²) in [5, 5.41) is 26.2. The molecule has 3 heterocycles. The molecule has 0 radical (unpaired) electrons.